The van der Waals surface area contributed by atoms with Gasteiger partial charge in [0.1, 0.15) is 12.4 Å². The number of carbonyl (C=O) groups excluding carboxylic acids is 1. The zero-order valence-electron chi connectivity index (χ0n) is 21.2. The van der Waals surface area contributed by atoms with Crippen molar-refractivity contribution in [1.82, 2.24) is 10.1 Å². The van der Waals surface area contributed by atoms with Crippen LogP contribution in [0, 0.1) is 20.8 Å². The van der Waals surface area contributed by atoms with Crippen LogP contribution in [-0.4, -0.2) is 55.8 Å². The fourth-order valence-electron chi connectivity index (χ4n) is 4.38. The smallest absolute Gasteiger partial charge is 0.255 e. The Hall–Kier alpha value is -3.52. The molecule has 1 saturated heterocycles. The summed E-state index contributed by atoms with van der Waals surface area (Å²) in [6.45, 7) is 13.6. The van der Waals surface area contributed by atoms with Gasteiger partial charge >= 0.3 is 0 Å². The molecule has 1 aliphatic rings. The number of aryl methyl sites for hydroxylation is 3. The second kappa shape index (κ2) is 10.8. The normalized spacial score (nSPS) is 14.1. The highest BCUT2D eigenvalue weighted by Gasteiger charge is 2.18. The van der Waals surface area contributed by atoms with E-state index in [0.717, 1.165) is 61.0 Å². The minimum atomic E-state index is -0.204. The van der Waals surface area contributed by atoms with Crippen molar-refractivity contribution in [2.24, 2.45) is 0 Å². The number of benzene rings is 2. The van der Waals surface area contributed by atoms with Gasteiger partial charge in [-0.05, 0) is 69.3 Å². The highest BCUT2D eigenvalue weighted by molar-refractivity contribution is 6.04. The van der Waals surface area contributed by atoms with E-state index in [1.165, 1.54) is 5.69 Å². The molecule has 2 aromatic carbocycles. The van der Waals surface area contributed by atoms with Crippen molar-refractivity contribution in [3.05, 3.63) is 64.5 Å². The maximum Gasteiger partial charge on any atom is 0.255 e. The zero-order chi connectivity index (χ0) is 24.9. The first-order chi connectivity index (χ1) is 16.9. The number of likely N-dealkylation sites (N-methyl/N-ethyl adjacent to an activating group) is 1. The van der Waals surface area contributed by atoms with Gasteiger partial charge in [-0.2, -0.15) is 0 Å². The third-order valence-corrected chi connectivity index (χ3v) is 6.59. The Morgan fingerprint density at radius 1 is 1.06 bits per heavy atom. The Balaban J connectivity index is 1.41. The first-order valence-corrected chi connectivity index (χ1v) is 12.0. The number of carbonyl (C=O) groups is 1. The topological polar surface area (TPSA) is 80.1 Å². The van der Waals surface area contributed by atoms with Crippen molar-refractivity contribution in [2.75, 3.05) is 50.1 Å². The highest BCUT2D eigenvalue weighted by atomic mass is 16.5. The van der Waals surface area contributed by atoms with Crippen LogP contribution in [0.5, 0.6) is 11.5 Å². The zero-order valence-corrected chi connectivity index (χ0v) is 21.2. The highest BCUT2D eigenvalue weighted by Crippen LogP contribution is 2.30. The number of ether oxygens (including phenoxy) is 2. The number of amides is 1. The largest absolute Gasteiger partial charge is 0.493 e. The van der Waals surface area contributed by atoms with Crippen LogP contribution >= 0.6 is 0 Å². The monoisotopic (exact) mass is 478 g/mol. The van der Waals surface area contributed by atoms with Gasteiger partial charge in [-0.1, -0.05) is 12.1 Å². The molecule has 1 amide bonds. The molecule has 3 aromatic rings. The summed E-state index contributed by atoms with van der Waals surface area (Å²) in [6.07, 6.45) is 0. The Kier molecular flexibility index (Phi) is 7.60. The predicted molar refractivity (Wildman–Crippen MR) is 137 cm³/mol. The molecule has 35 heavy (non-hydrogen) atoms. The lowest BCUT2D eigenvalue weighted by Crippen LogP contribution is -2.46. The molecule has 1 aliphatic heterocycles. The molecule has 1 N–H and O–H groups in total. The molecule has 0 aliphatic carbocycles. The van der Waals surface area contributed by atoms with Crippen LogP contribution in [0.2, 0.25) is 0 Å². The van der Waals surface area contributed by atoms with Gasteiger partial charge in [-0.25, -0.2) is 0 Å². The molecule has 186 valence electrons. The van der Waals surface area contributed by atoms with Crippen LogP contribution in [0.3, 0.4) is 0 Å². The van der Waals surface area contributed by atoms with Crippen LogP contribution in [0.1, 0.15) is 39.9 Å². The summed E-state index contributed by atoms with van der Waals surface area (Å²) in [5.74, 6) is 1.56. The minimum Gasteiger partial charge on any atom is -0.493 e. The van der Waals surface area contributed by atoms with Crippen molar-refractivity contribution in [1.29, 1.82) is 0 Å². The van der Waals surface area contributed by atoms with Crippen molar-refractivity contribution in [2.45, 2.75) is 34.3 Å². The first kappa shape index (κ1) is 24.6. The van der Waals surface area contributed by atoms with E-state index in [1.807, 2.05) is 26.0 Å². The number of nitrogens with one attached hydrogen (secondary N) is 1. The van der Waals surface area contributed by atoms with Gasteiger partial charge in [0.2, 0.25) is 0 Å². The number of piperazine rings is 1. The maximum atomic E-state index is 13.0. The van der Waals surface area contributed by atoms with E-state index in [1.54, 1.807) is 25.3 Å². The van der Waals surface area contributed by atoms with E-state index in [4.69, 9.17) is 14.0 Å². The Labute approximate surface area is 206 Å². The molecular formula is C27H34N4O4. The fourth-order valence-corrected chi connectivity index (χ4v) is 4.38. The number of anilines is 2. The molecule has 0 radical (unpaired) electrons. The van der Waals surface area contributed by atoms with Crippen LogP contribution in [0.15, 0.2) is 40.9 Å². The lowest BCUT2D eigenvalue weighted by Gasteiger charge is -2.36. The third-order valence-electron chi connectivity index (χ3n) is 6.59. The van der Waals surface area contributed by atoms with Crippen molar-refractivity contribution in [3.8, 4) is 11.5 Å². The van der Waals surface area contributed by atoms with Crippen molar-refractivity contribution < 1.29 is 18.8 Å². The summed E-state index contributed by atoms with van der Waals surface area (Å²) in [5, 5.41) is 6.95. The summed E-state index contributed by atoms with van der Waals surface area (Å²) in [5.41, 5.74) is 5.32. The summed E-state index contributed by atoms with van der Waals surface area (Å²) in [7, 11) is 1.56. The molecule has 1 fully saturated rings. The van der Waals surface area contributed by atoms with E-state index < -0.39 is 0 Å². The number of methoxy groups -OCH3 is 1. The van der Waals surface area contributed by atoms with E-state index in [9.17, 15) is 4.79 Å². The van der Waals surface area contributed by atoms with E-state index in [0.29, 0.717) is 23.7 Å². The molecular weight excluding hydrogens is 444 g/mol. The van der Waals surface area contributed by atoms with Gasteiger partial charge in [0.25, 0.3) is 5.91 Å². The van der Waals surface area contributed by atoms with Gasteiger partial charge in [0, 0.05) is 43.1 Å². The lowest BCUT2D eigenvalue weighted by atomic mass is 10.1. The van der Waals surface area contributed by atoms with E-state index in [-0.39, 0.29) is 5.91 Å². The Morgan fingerprint density at radius 3 is 2.46 bits per heavy atom. The van der Waals surface area contributed by atoms with Crippen LogP contribution in [0.25, 0.3) is 0 Å². The van der Waals surface area contributed by atoms with Gasteiger partial charge in [-0.3, -0.25) is 4.79 Å². The number of aromatic nitrogens is 1. The second-order valence-corrected chi connectivity index (χ2v) is 8.83. The van der Waals surface area contributed by atoms with E-state index >= 15 is 0 Å². The molecule has 0 unspecified atom stereocenters. The molecule has 8 heteroatoms. The second-order valence-electron chi connectivity index (χ2n) is 8.83. The summed E-state index contributed by atoms with van der Waals surface area (Å²) < 4.78 is 16.6. The molecule has 4 rings (SSSR count). The first-order valence-electron chi connectivity index (χ1n) is 12.0. The molecule has 0 atom stereocenters. The Bertz CT molecular complexity index is 1160. The van der Waals surface area contributed by atoms with Gasteiger partial charge < -0.3 is 29.1 Å². The van der Waals surface area contributed by atoms with Gasteiger partial charge in [0.15, 0.2) is 11.5 Å². The molecule has 0 spiro atoms. The Morgan fingerprint density at radius 2 is 1.83 bits per heavy atom. The van der Waals surface area contributed by atoms with Crippen LogP contribution in [-0.2, 0) is 6.61 Å². The van der Waals surface area contributed by atoms with Crippen molar-refractivity contribution >= 4 is 17.3 Å². The summed E-state index contributed by atoms with van der Waals surface area (Å²) in [4.78, 5) is 17.8. The van der Waals surface area contributed by atoms with E-state index in [2.05, 4.69) is 40.2 Å². The minimum absolute atomic E-state index is 0.204. The molecule has 0 bridgehead atoms. The standard InChI is InChI=1S/C27H34N4O4/c1-6-30-11-13-31(14-12-30)24-9-8-22(15-18(24)2)28-27(32)21-7-10-25(26(16-21)33-5)34-17-23-19(3)29-35-20(23)4/h7-10,15-16H,6,11-14,17H2,1-5H3,(H,28,32). The van der Waals surface area contributed by atoms with Gasteiger partial charge in [0.05, 0.1) is 18.4 Å². The maximum absolute atomic E-state index is 13.0. The average Bonchev–Trinajstić information content (AvgIpc) is 3.19. The van der Waals surface area contributed by atoms with Gasteiger partial charge in [-0.15, -0.1) is 0 Å². The van der Waals surface area contributed by atoms with Crippen molar-refractivity contribution in [3.63, 3.8) is 0 Å². The lowest BCUT2D eigenvalue weighted by molar-refractivity contribution is 0.102. The SMILES string of the molecule is CCN1CCN(c2ccc(NC(=O)c3ccc(OCc4c(C)noc4C)c(OC)c3)cc2C)CC1. The molecule has 8 nitrogen and oxygen atoms in total. The molecule has 1 aromatic heterocycles. The fraction of sp³-hybridized carbons (Fsp3) is 0.407. The number of nitrogens with zero attached hydrogens (tertiary/aromatic N) is 3. The number of hydrogen-bond acceptors (Lipinski definition) is 7. The number of rotatable bonds is 8. The number of hydrogen-bond donors (Lipinski definition) is 1. The predicted octanol–water partition coefficient (Wildman–Crippen LogP) is 4.58. The molecule has 2 heterocycles. The van der Waals surface area contributed by atoms with Crippen LogP contribution in [0.4, 0.5) is 11.4 Å². The van der Waals surface area contributed by atoms with Crippen LogP contribution < -0.4 is 19.7 Å². The third kappa shape index (κ3) is 5.59. The quantitative estimate of drug-likeness (QED) is 0.508. The molecule has 0 saturated carbocycles. The average molecular weight is 479 g/mol. The summed E-state index contributed by atoms with van der Waals surface area (Å²) in [6, 6.07) is 11.2. The summed E-state index contributed by atoms with van der Waals surface area (Å²) >= 11 is 0.